The Balaban J connectivity index is 0.00000220. The molecule has 0 atom stereocenters. The fourth-order valence-corrected chi connectivity index (χ4v) is 2.56. The molecule has 0 radical (unpaired) electrons. The standard InChI is InChI=1S/C13H15N4O2S.Na/c1-3-12-15-9(2)8-13(16-12)17-20(18,19)11-6-4-10(14)5-7-11;/h4-8H,3,14H2,1-2H3;/q-1;+1. The van der Waals surface area contributed by atoms with Crippen molar-refractivity contribution in [3.8, 4) is 0 Å². The Morgan fingerprint density at radius 3 is 2.38 bits per heavy atom. The number of benzene rings is 1. The van der Waals surface area contributed by atoms with Crippen LogP contribution in [0.15, 0.2) is 35.2 Å². The van der Waals surface area contributed by atoms with Crippen LogP contribution in [0.1, 0.15) is 18.4 Å². The summed E-state index contributed by atoms with van der Waals surface area (Å²) >= 11 is 0. The van der Waals surface area contributed by atoms with Crippen LogP contribution in [-0.2, 0) is 16.4 Å². The topological polar surface area (TPSA) is 100 Å². The number of aromatic nitrogens is 2. The predicted octanol–water partition coefficient (Wildman–Crippen LogP) is -0.672. The van der Waals surface area contributed by atoms with Gasteiger partial charge in [-0.25, -0.2) is 8.42 Å². The molecule has 1 aromatic carbocycles. The molecule has 0 aliphatic heterocycles. The third-order valence-corrected chi connectivity index (χ3v) is 3.89. The number of aryl methyl sites for hydroxylation is 2. The summed E-state index contributed by atoms with van der Waals surface area (Å²) in [6.07, 6.45) is 0.617. The van der Waals surface area contributed by atoms with Crippen molar-refractivity contribution in [1.82, 2.24) is 9.97 Å². The summed E-state index contributed by atoms with van der Waals surface area (Å²) in [4.78, 5) is 8.37. The Bertz CT molecular complexity index is 717. The van der Waals surface area contributed by atoms with Crippen molar-refractivity contribution in [3.05, 3.63) is 46.6 Å². The van der Waals surface area contributed by atoms with E-state index in [-0.39, 0.29) is 40.3 Å². The van der Waals surface area contributed by atoms with Crippen LogP contribution in [-0.4, -0.2) is 18.4 Å². The van der Waals surface area contributed by atoms with E-state index in [1.807, 2.05) is 6.92 Å². The first-order valence-corrected chi connectivity index (χ1v) is 7.53. The van der Waals surface area contributed by atoms with E-state index in [1.165, 1.54) is 30.3 Å². The van der Waals surface area contributed by atoms with E-state index < -0.39 is 10.0 Å². The number of anilines is 1. The largest absolute Gasteiger partial charge is 1.00 e. The van der Waals surface area contributed by atoms with Crippen molar-refractivity contribution in [2.45, 2.75) is 25.2 Å². The molecule has 2 aromatic rings. The average molecular weight is 314 g/mol. The Labute approximate surface area is 146 Å². The van der Waals surface area contributed by atoms with Crippen molar-refractivity contribution in [2.24, 2.45) is 0 Å². The molecule has 0 bridgehead atoms. The molecular formula is C13H15N4NaO2S. The van der Waals surface area contributed by atoms with Crippen molar-refractivity contribution in [2.75, 3.05) is 5.73 Å². The van der Waals surface area contributed by atoms with Gasteiger partial charge in [-0.2, -0.15) is 0 Å². The molecule has 2 N–H and O–H groups in total. The molecule has 0 fully saturated rings. The molecule has 0 spiro atoms. The maximum atomic E-state index is 12.2. The fraction of sp³-hybridized carbons (Fsp3) is 0.231. The number of nitrogen functional groups attached to an aromatic ring is 1. The van der Waals surface area contributed by atoms with Gasteiger partial charge in [-0.15, -0.1) is 0 Å². The Kier molecular flexibility index (Phi) is 6.15. The van der Waals surface area contributed by atoms with Crippen molar-refractivity contribution in [3.63, 3.8) is 0 Å². The van der Waals surface area contributed by atoms with Gasteiger partial charge in [0.25, 0.3) is 0 Å². The summed E-state index contributed by atoms with van der Waals surface area (Å²) in [6.45, 7) is 3.67. The van der Waals surface area contributed by atoms with Crippen molar-refractivity contribution >= 4 is 21.5 Å². The molecule has 21 heavy (non-hydrogen) atoms. The Hall–Kier alpha value is -1.15. The predicted molar refractivity (Wildman–Crippen MR) is 77.2 cm³/mol. The van der Waals surface area contributed by atoms with E-state index in [9.17, 15) is 8.42 Å². The van der Waals surface area contributed by atoms with Crippen LogP contribution in [0.3, 0.4) is 0 Å². The molecule has 0 saturated carbocycles. The Morgan fingerprint density at radius 2 is 1.81 bits per heavy atom. The average Bonchev–Trinajstić information content (AvgIpc) is 2.37. The minimum atomic E-state index is -3.79. The van der Waals surface area contributed by atoms with Gasteiger partial charge in [0.15, 0.2) is 0 Å². The maximum absolute atomic E-state index is 12.2. The van der Waals surface area contributed by atoms with Crippen molar-refractivity contribution in [1.29, 1.82) is 0 Å². The first kappa shape index (κ1) is 17.9. The summed E-state index contributed by atoms with van der Waals surface area (Å²) in [6, 6.07) is 7.41. The van der Waals surface area contributed by atoms with Crippen molar-refractivity contribution < 1.29 is 38.0 Å². The second-order valence-corrected chi connectivity index (χ2v) is 5.88. The minimum Gasteiger partial charge on any atom is -0.423 e. The van der Waals surface area contributed by atoms with Gasteiger partial charge in [-0.1, -0.05) is 6.92 Å². The number of nitrogens with zero attached hydrogens (tertiary/aromatic N) is 3. The summed E-state index contributed by atoms with van der Waals surface area (Å²) in [5, 5.41) is 0. The van der Waals surface area contributed by atoms with Crippen LogP contribution in [0, 0.1) is 6.92 Å². The van der Waals surface area contributed by atoms with E-state index in [0.717, 1.165) is 0 Å². The van der Waals surface area contributed by atoms with E-state index in [4.69, 9.17) is 5.73 Å². The van der Waals surface area contributed by atoms with Gasteiger partial charge in [-0.05, 0) is 49.5 Å². The molecule has 0 saturated heterocycles. The van der Waals surface area contributed by atoms with Gasteiger partial charge >= 0.3 is 29.6 Å². The molecule has 2 rings (SSSR count). The second kappa shape index (κ2) is 7.22. The molecule has 0 amide bonds. The third-order valence-electron chi connectivity index (χ3n) is 2.59. The SMILES string of the molecule is CCc1nc(C)cc([N-]S(=O)(=O)c2ccc(N)cc2)n1.[Na+]. The van der Waals surface area contributed by atoms with Gasteiger partial charge in [0.1, 0.15) is 0 Å². The first-order valence-electron chi connectivity index (χ1n) is 6.09. The second-order valence-electron chi connectivity index (χ2n) is 4.27. The van der Waals surface area contributed by atoms with Crippen LogP contribution in [0.4, 0.5) is 11.5 Å². The van der Waals surface area contributed by atoms with Gasteiger partial charge in [0, 0.05) is 17.2 Å². The van der Waals surface area contributed by atoms with E-state index in [1.54, 1.807) is 6.92 Å². The van der Waals surface area contributed by atoms with Crippen LogP contribution in [0.25, 0.3) is 4.72 Å². The molecule has 0 unspecified atom stereocenters. The number of hydrogen-bond donors (Lipinski definition) is 1. The van der Waals surface area contributed by atoms with Gasteiger partial charge in [-0.3, -0.25) is 4.98 Å². The van der Waals surface area contributed by atoms with Crippen LogP contribution in [0.5, 0.6) is 0 Å². The minimum absolute atomic E-state index is 0. The van der Waals surface area contributed by atoms with Gasteiger partial charge in [0.05, 0.1) is 4.90 Å². The number of nitrogens with two attached hydrogens (primary N) is 1. The summed E-state index contributed by atoms with van der Waals surface area (Å²) in [7, 11) is -3.79. The molecule has 0 aliphatic carbocycles. The number of hydrogen-bond acceptors (Lipinski definition) is 5. The fourth-order valence-electron chi connectivity index (χ4n) is 1.63. The van der Waals surface area contributed by atoms with E-state index in [2.05, 4.69) is 14.7 Å². The maximum Gasteiger partial charge on any atom is 1.00 e. The number of sulfonamides is 1. The van der Waals surface area contributed by atoms with Gasteiger partial charge in [0.2, 0.25) is 10.0 Å². The summed E-state index contributed by atoms with van der Waals surface area (Å²) in [5.74, 6) is 0.711. The first-order chi connectivity index (χ1) is 9.40. The molecule has 0 aliphatic rings. The monoisotopic (exact) mass is 314 g/mol. The molecular weight excluding hydrogens is 299 g/mol. The van der Waals surface area contributed by atoms with Crippen LogP contribution < -0.4 is 35.3 Å². The summed E-state index contributed by atoms with van der Waals surface area (Å²) in [5.41, 5.74) is 6.71. The zero-order valence-electron chi connectivity index (χ0n) is 12.2. The quantitative estimate of drug-likeness (QED) is 0.596. The van der Waals surface area contributed by atoms with Gasteiger partial charge < -0.3 is 15.4 Å². The zero-order valence-corrected chi connectivity index (χ0v) is 15.1. The smallest absolute Gasteiger partial charge is 0.423 e. The zero-order chi connectivity index (χ0) is 14.8. The normalized spacial score (nSPS) is 10.8. The molecule has 8 heteroatoms. The van der Waals surface area contributed by atoms with E-state index in [0.29, 0.717) is 23.6 Å². The van der Waals surface area contributed by atoms with Crippen LogP contribution in [0.2, 0.25) is 0 Å². The molecule has 106 valence electrons. The molecule has 6 nitrogen and oxygen atoms in total. The molecule has 1 heterocycles. The Morgan fingerprint density at radius 1 is 1.19 bits per heavy atom. The van der Waals surface area contributed by atoms with Crippen LogP contribution >= 0.6 is 0 Å². The summed E-state index contributed by atoms with van der Waals surface area (Å²) < 4.78 is 28.1. The third kappa shape index (κ3) is 4.67. The molecule has 1 aromatic heterocycles. The van der Waals surface area contributed by atoms with E-state index >= 15 is 0 Å². The number of rotatable bonds is 4.